The second-order valence-corrected chi connectivity index (χ2v) is 9.76. The second kappa shape index (κ2) is 7.77. The molecule has 0 aliphatic heterocycles. The first-order valence-electron chi connectivity index (χ1n) is 8.93. The number of fused-ring (bicyclic) bond motifs is 1. The summed E-state index contributed by atoms with van der Waals surface area (Å²) in [5.74, 6) is -0.167. The molecule has 29 heavy (non-hydrogen) atoms. The third-order valence-electron chi connectivity index (χ3n) is 4.46. The number of carbonyl (C=O) groups excluding carboxylic acids is 1. The summed E-state index contributed by atoms with van der Waals surface area (Å²) < 4.78 is 24.1. The summed E-state index contributed by atoms with van der Waals surface area (Å²) in [5, 5.41) is 3.26. The molecule has 7 heteroatoms. The number of nitrogens with zero attached hydrogens (tertiary/aromatic N) is 1. The highest BCUT2D eigenvalue weighted by Gasteiger charge is 2.12. The molecule has 0 aliphatic carbocycles. The molecule has 0 aliphatic rings. The van der Waals surface area contributed by atoms with Gasteiger partial charge < -0.3 is 5.32 Å². The molecule has 1 N–H and O–H groups in total. The van der Waals surface area contributed by atoms with Crippen LogP contribution in [0.5, 0.6) is 0 Å². The van der Waals surface area contributed by atoms with Crippen LogP contribution in [-0.2, 0) is 21.1 Å². The molecule has 5 nitrogen and oxygen atoms in total. The maximum atomic E-state index is 12.4. The molecular formula is C22H18N2O3S2. The van der Waals surface area contributed by atoms with E-state index in [4.69, 9.17) is 0 Å². The number of benzene rings is 3. The average Bonchev–Trinajstić information content (AvgIpc) is 3.09. The SMILES string of the molecule is CS(=O)(=O)c1ccc2nc(NC(=O)Cc3ccc(-c4ccccc4)cc3)sc2c1. The summed E-state index contributed by atoms with van der Waals surface area (Å²) in [5.41, 5.74) is 3.79. The lowest BCUT2D eigenvalue weighted by atomic mass is 10.0. The Labute approximate surface area is 173 Å². The molecule has 0 saturated carbocycles. The average molecular weight is 423 g/mol. The Bertz CT molecular complexity index is 1280. The fraction of sp³-hybridized carbons (Fsp3) is 0.0909. The van der Waals surface area contributed by atoms with Gasteiger partial charge in [0.25, 0.3) is 0 Å². The Morgan fingerprint density at radius 3 is 2.34 bits per heavy atom. The summed E-state index contributed by atoms with van der Waals surface area (Å²) in [4.78, 5) is 17.0. The molecule has 0 atom stereocenters. The van der Waals surface area contributed by atoms with Crippen molar-refractivity contribution < 1.29 is 13.2 Å². The monoisotopic (exact) mass is 422 g/mol. The number of nitrogens with one attached hydrogen (secondary N) is 1. The molecule has 3 aromatic carbocycles. The van der Waals surface area contributed by atoms with Crippen molar-refractivity contribution in [3.63, 3.8) is 0 Å². The van der Waals surface area contributed by atoms with Gasteiger partial charge in [-0.2, -0.15) is 0 Å². The van der Waals surface area contributed by atoms with E-state index in [9.17, 15) is 13.2 Å². The van der Waals surface area contributed by atoms with Crippen molar-refractivity contribution >= 4 is 42.4 Å². The van der Waals surface area contributed by atoms with E-state index in [1.807, 2.05) is 54.6 Å². The fourth-order valence-electron chi connectivity index (χ4n) is 2.98. The van der Waals surface area contributed by atoms with Crippen LogP contribution in [0.3, 0.4) is 0 Å². The van der Waals surface area contributed by atoms with Crippen LogP contribution in [0.2, 0.25) is 0 Å². The van der Waals surface area contributed by atoms with E-state index in [1.165, 1.54) is 23.7 Å². The predicted octanol–water partition coefficient (Wildman–Crippen LogP) is 4.55. The topological polar surface area (TPSA) is 76.1 Å². The summed E-state index contributed by atoms with van der Waals surface area (Å²) in [6, 6.07) is 22.7. The minimum atomic E-state index is -3.28. The number of rotatable bonds is 5. The highest BCUT2D eigenvalue weighted by Crippen LogP contribution is 2.28. The summed E-state index contributed by atoms with van der Waals surface area (Å²) in [6.07, 6.45) is 1.40. The molecule has 0 saturated heterocycles. The number of hydrogen-bond donors (Lipinski definition) is 1. The zero-order chi connectivity index (χ0) is 20.4. The number of carbonyl (C=O) groups is 1. The van der Waals surface area contributed by atoms with E-state index in [2.05, 4.69) is 10.3 Å². The molecule has 1 heterocycles. The van der Waals surface area contributed by atoms with Crippen LogP contribution in [0.4, 0.5) is 5.13 Å². The molecule has 4 aromatic rings. The summed E-state index contributed by atoms with van der Waals surface area (Å²) in [7, 11) is -3.28. The van der Waals surface area contributed by atoms with Crippen molar-refractivity contribution in [2.45, 2.75) is 11.3 Å². The highest BCUT2D eigenvalue weighted by atomic mass is 32.2. The molecule has 4 rings (SSSR count). The van der Waals surface area contributed by atoms with Gasteiger partial charge in [-0.25, -0.2) is 13.4 Å². The van der Waals surface area contributed by atoms with Crippen molar-refractivity contribution in [1.29, 1.82) is 0 Å². The van der Waals surface area contributed by atoms with E-state index < -0.39 is 9.84 Å². The van der Waals surface area contributed by atoms with Crippen LogP contribution in [-0.4, -0.2) is 25.6 Å². The van der Waals surface area contributed by atoms with Crippen molar-refractivity contribution in [2.75, 3.05) is 11.6 Å². The molecule has 146 valence electrons. The van der Waals surface area contributed by atoms with Gasteiger partial charge in [0.15, 0.2) is 15.0 Å². The first-order chi connectivity index (χ1) is 13.9. The van der Waals surface area contributed by atoms with Crippen molar-refractivity contribution in [2.24, 2.45) is 0 Å². The number of anilines is 1. The van der Waals surface area contributed by atoms with Gasteiger partial charge in [0.1, 0.15) is 0 Å². The standard InChI is InChI=1S/C22H18N2O3S2/c1-29(26,27)18-11-12-19-20(14-18)28-22(23-19)24-21(25)13-15-7-9-17(10-8-15)16-5-3-2-4-6-16/h2-12,14H,13H2,1H3,(H,23,24,25). The lowest BCUT2D eigenvalue weighted by molar-refractivity contribution is -0.115. The van der Waals surface area contributed by atoms with Crippen LogP contribution in [0.15, 0.2) is 77.7 Å². The quantitative estimate of drug-likeness (QED) is 0.512. The number of sulfone groups is 1. The summed E-state index contributed by atoms with van der Waals surface area (Å²) >= 11 is 1.26. The number of aromatic nitrogens is 1. The van der Waals surface area contributed by atoms with Crippen molar-refractivity contribution in [3.8, 4) is 11.1 Å². The van der Waals surface area contributed by atoms with Gasteiger partial charge in [0.2, 0.25) is 5.91 Å². The molecule has 1 aromatic heterocycles. The van der Waals surface area contributed by atoms with Gasteiger partial charge in [-0.3, -0.25) is 4.79 Å². The van der Waals surface area contributed by atoms with Crippen LogP contribution in [0.25, 0.3) is 21.3 Å². The van der Waals surface area contributed by atoms with Crippen LogP contribution in [0.1, 0.15) is 5.56 Å². The van der Waals surface area contributed by atoms with Crippen LogP contribution < -0.4 is 5.32 Å². The van der Waals surface area contributed by atoms with E-state index in [1.54, 1.807) is 12.1 Å². The van der Waals surface area contributed by atoms with E-state index >= 15 is 0 Å². The van der Waals surface area contributed by atoms with E-state index in [-0.39, 0.29) is 17.2 Å². The number of hydrogen-bond acceptors (Lipinski definition) is 5. The van der Waals surface area contributed by atoms with Gasteiger partial charge in [0.05, 0.1) is 21.5 Å². The zero-order valence-electron chi connectivity index (χ0n) is 15.6. The van der Waals surface area contributed by atoms with Gasteiger partial charge in [-0.1, -0.05) is 65.9 Å². The minimum Gasteiger partial charge on any atom is -0.302 e. The van der Waals surface area contributed by atoms with Gasteiger partial charge in [0, 0.05) is 6.26 Å². The number of thiazole rings is 1. The lowest BCUT2D eigenvalue weighted by Crippen LogP contribution is -2.14. The molecule has 1 amide bonds. The largest absolute Gasteiger partial charge is 0.302 e. The van der Waals surface area contributed by atoms with Gasteiger partial charge in [-0.05, 0) is 34.9 Å². The zero-order valence-corrected chi connectivity index (χ0v) is 17.3. The van der Waals surface area contributed by atoms with Crippen molar-refractivity contribution in [1.82, 2.24) is 4.98 Å². The summed E-state index contributed by atoms with van der Waals surface area (Å²) in [6.45, 7) is 0. The third kappa shape index (κ3) is 4.52. The minimum absolute atomic E-state index is 0.167. The maximum absolute atomic E-state index is 12.4. The molecule has 0 spiro atoms. The van der Waals surface area contributed by atoms with Crippen molar-refractivity contribution in [3.05, 3.63) is 78.4 Å². The van der Waals surface area contributed by atoms with Crippen LogP contribution in [0, 0.1) is 0 Å². The predicted molar refractivity (Wildman–Crippen MR) is 117 cm³/mol. The second-order valence-electron chi connectivity index (χ2n) is 6.71. The normalized spacial score (nSPS) is 11.5. The smallest absolute Gasteiger partial charge is 0.230 e. The molecule has 0 bridgehead atoms. The Kier molecular flexibility index (Phi) is 5.17. The first-order valence-corrected chi connectivity index (χ1v) is 11.6. The fourth-order valence-corrected chi connectivity index (χ4v) is 4.63. The molecule has 0 unspecified atom stereocenters. The van der Waals surface area contributed by atoms with E-state index in [0.717, 1.165) is 21.4 Å². The lowest BCUT2D eigenvalue weighted by Gasteiger charge is -2.05. The first kappa shape index (κ1) is 19.3. The van der Waals surface area contributed by atoms with E-state index in [0.29, 0.717) is 10.6 Å². The molecular weight excluding hydrogens is 404 g/mol. The molecule has 0 fully saturated rings. The Hall–Kier alpha value is -3.03. The van der Waals surface area contributed by atoms with Gasteiger partial charge >= 0.3 is 0 Å². The van der Waals surface area contributed by atoms with Crippen LogP contribution >= 0.6 is 11.3 Å². The Morgan fingerprint density at radius 2 is 1.66 bits per heavy atom. The maximum Gasteiger partial charge on any atom is 0.230 e. The third-order valence-corrected chi connectivity index (χ3v) is 6.50. The molecule has 0 radical (unpaired) electrons. The Morgan fingerprint density at radius 1 is 0.966 bits per heavy atom. The van der Waals surface area contributed by atoms with Gasteiger partial charge in [-0.15, -0.1) is 0 Å². The Balaban J connectivity index is 1.45. The number of amides is 1. The highest BCUT2D eigenvalue weighted by molar-refractivity contribution is 7.90.